The van der Waals surface area contributed by atoms with E-state index in [2.05, 4.69) is 21.2 Å². The zero-order valence-electron chi connectivity index (χ0n) is 11.2. The highest BCUT2D eigenvalue weighted by Gasteiger charge is 2.21. The molecule has 1 N–H and O–H groups in total. The molecule has 2 nitrogen and oxygen atoms in total. The Balaban J connectivity index is 1.66. The minimum atomic E-state index is -0.654. The smallest absolute Gasteiger partial charge is 0.191 e. The topological polar surface area (TPSA) is 21.3 Å². The van der Waals surface area contributed by atoms with Crippen LogP contribution in [0.1, 0.15) is 23.3 Å². The highest BCUT2D eigenvalue weighted by Crippen LogP contribution is 2.27. The van der Waals surface area contributed by atoms with Crippen molar-refractivity contribution in [2.75, 3.05) is 0 Å². The van der Waals surface area contributed by atoms with Gasteiger partial charge in [0, 0.05) is 27.3 Å². The molecule has 0 aliphatic heterocycles. The average molecular weight is 374 g/mol. The molecule has 1 aliphatic rings. The van der Waals surface area contributed by atoms with Crippen LogP contribution < -0.4 is 10.1 Å². The van der Waals surface area contributed by atoms with Crippen LogP contribution in [0.4, 0.5) is 8.78 Å². The lowest BCUT2D eigenvalue weighted by Crippen LogP contribution is -2.15. The summed E-state index contributed by atoms with van der Waals surface area (Å²) < 4.78 is 34.1. The summed E-state index contributed by atoms with van der Waals surface area (Å²) in [6, 6.07) is 5.04. The molecule has 21 heavy (non-hydrogen) atoms. The average Bonchev–Trinajstić information content (AvgIpc) is 3.17. The molecule has 0 spiro atoms. The summed E-state index contributed by atoms with van der Waals surface area (Å²) in [6.07, 6.45) is 2.28. The van der Waals surface area contributed by atoms with E-state index in [0.717, 1.165) is 22.2 Å². The van der Waals surface area contributed by atoms with Gasteiger partial charge >= 0.3 is 0 Å². The second kappa shape index (κ2) is 6.42. The lowest BCUT2D eigenvalue weighted by atomic mass is 10.2. The fraction of sp³-hybridized carbons (Fsp3) is 0.333. The van der Waals surface area contributed by atoms with Crippen molar-refractivity contribution >= 4 is 27.3 Å². The van der Waals surface area contributed by atoms with E-state index in [1.54, 1.807) is 0 Å². The van der Waals surface area contributed by atoms with Gasteiger partial charge in [-0.05, 0) is 52.5 Å². The maximum absolute atomic E-state index is 14.0. The number of halogens is 3. The monoisotopic (exact) mass is 373 g/mol. The minimum absolute atomic E-state index is 0.157. The first kappa shape index (κ1) is 14.9. The Morgan fingerprint density at radius 3 is 2.52 bits per heavy atom. The molecule has 0 atom stereocenters. The van der Waals surface area contributed by atoms with Crippen LogP contribution in [0.25, 0.3) is 0 Å². The number of hydrogen-bond donors (Lipinski definition) is 1. The van der Waals surface area contributed by atoms with E-state index >= 15 is 0 Å². The lowest BCUT2D eigenvalue weighted by Gasteiger charge is -2.10. The largest absolute Gasteiger partial charge is 0.482 e. The Bertz CT molecular complexity index is 619. The van der Waals surface area contributed by atoms with Crippen molar-refractivity contribution in [3.05, 3.63) is 50.1 Å². The highest BCUT2D eigenvalue weighted by molar-refractivity contribution is 9.10. The van der Waals surface area contributed by atoms with Gasteiger partial charge in [-0.2, -0.15) is 0 Å². The quantitative estimate of drug-likeness (QED) is 0.797. The molecule has 0 bridgehead atoms. The van der Waals surface area contributed by atoms with Crippen LogP contribution in [0.15, 0.2) is 28.1 Å². The standard InChI is InChI=1S/C15H14BrF2NOS/c16-10-5-12(21-8-10)7-20-15-13(17)3-9(4-14(15)18)6-19-11-1-2-11/h3-5,8,11,19H,1-2,6-7H2. The van der Waals surface area contributed by atoms with Crippen molar-refractivity contribution in [2.24, 2.45) is 0 Å². The first-order chi connectivity index (χ1) is 10.1. The maximum atomic E-state index is 14.0. The number of rotatable bonds is 6. The van der Waals surface area contributed by atoms with Crippen molar-refractivity contribution in [3.63, 3.8) is 0 Å². The molecule has 1 fully saturated rings. The van der Waals surface area contributed by atoms with Gasteiger partial charge in [-0.3, -0.25) is 0 Å². The molecule has 2 aromatic rings. The number of hydrogen-bond acceptors (Lipinski definition) is 3. The summed E-state index contributed by atoms with van der Waals surface area (Å²) in [5.74, 6) is -1.62. The molecular formula is C15H14BrF2NOS. The van der Waals surface area contributed by atoms with Crippen molar-refractivity contribution in [2.45, 2.75) is 32.0 Å². The fourth-order valence-corrected chi connectivity index (χ4v) is 3.34. The second-order valence-electron chi connectivity index (χ2n) is 5.06. The van der Waals surface area contributed by atoms with E-state index in [4.69, 9.17) is 4.74 Å². The van der Waals surface area contributed by atoms with E-state index < -0.39 is 11.6 Å². The van der Waals surface area contributed by atoms with Gasteiger partial charge in [0.25, 0.3) is 0 Å². The third kappa shape index (κ3) is 4.02. The summed E-state index contributed by atoms with van der Waals surface area (Å²) in [6.45, 7) is 0.639. The number of benzene rings is 1. The van der Waals surface area contributed by atoms with E-state index in [1.807, 2.05) is 11.4 Å². The van der Waals surface area contributed by atoms with E-state index in [1.165, 1.54) is 23.5 Å². The Hall–Kier alpha value is -0.980. The Morgan fingerprint density at radius 1 is 1.24 bits per heavy atom. The van der Waals surface area contributed by atoms with Gasteiger partial charge in [-0.1, -0.05) is 0 Å². The van der Waals surface area contributed by atoms with Gasteiger partial charge in [0.1, 0.15) is 6.61 Å². The molecule has 0 radical (unpaired) electrons. The first-order valence-electron chi connectivity index (χ1n) is 6.69. The Morgan fingerprint density at radius 2 is 1.95 bits per heavy atom. The maximum Gasteiger partial charge on any atom is 0.191 e. The summed E-state index contributed by atoms with van der Waals surface area (Å²) in [4.78, 5) is 0.903. The molecule has 1 aromatic carbocycles. The van der Waals surface area contributed by atoms with Gasteiger partial charge in [0.05, 0.1) is 0 Å². The van der Waals surface area contributed by atoms with Gasteiger partial charge in [-0.15, -0.1) is 11.3 Å². The summed E-state index contributed by atoms with van der Waals surface area (Å²) in [7, 11) is 0. The van der Waals surface area contributed by atoms with Gasteiger partial charge < -0.3 is 10.1 Å². The van der Waals surface area contributed by atoms with Crippen molar-refractivity contribution in [1.82, 2.24) is 5.32 Å². The van der Waals surface area contributed by atoms with Gasteiger partial charge in [0.15, 0.2) is 17.4 Å². The summed E-state index contributed by atoms with van der Waals surface area (Å²) in [5, 5.41) is 5.13. The van der Waals surface area contributed by atoms with Gasteiger partial charge in [0.2, 0.25) is 0 Å². The van der Waals surface area contributed by atoms with E-state index in [9.17, 15) is 8.78 Å². The predicted molar refractivity (Wildman–Crippen MR) is 82.6 cm³/mol. The van der Waals surface area contributed by atoms with Crippen LogP contribution in [-0.2, 0) is 13.2 Å². The third-order valence-electron chi connectivity index (χ3n) is 3.21. The molecular weight excluding hydrogens is 360 g/mol. The molecule has 3 rings (SSSR count). The van der Waals surface area contributed by atoms with E-state index in [0.29, 0.717) is 18.2 Å². The van der Waals surface area contributed by atoms with E-state index in [-0.39, 0.29) is 12.4 Å². The van der Waals surface area contributed by atoms with Crippen LogP contribution in [0.5, 0.6) is 5.75 Å². The molecule has 0 saturated heterocycles. The van der Waals surface area contributed by atoms with Crippen molar-refractivity contribution < 1.29 is 13.5 Å². The molecule has 1 aromatic heterocycles. The summed E-state index contributed by atoms with van der Waals surface area (Å²) in [5.41, 5.74) is 0.600. The highest BCUT2D eigenvalue weighted by atomic mass is 79.9. The zero-order valence-corrected chi connectivity index (χ0v) is 13.6. The van der Waals surface area contributed by atoms with Crippen LogP contribution in [0, 0.1) is 11.6 Å². The van der Waals surface area contributed by atoms with Gasteiger partial charge in [-0.25, -0.2) is 8.78 Å². The Labute approximate surface area is 134 Å². The van der Waals surface area contributed by atoms with Crippen molar-refractivity contribution in [1.29, 1.82) is 0 Å². The lowest BCUT2D eigenvalue weighted by molar-refractivity contribution is 0.276. The number of thiophene rings is 1. The molecule has 1 aliphatic carbocycles. The zero-order chi connectivity index (χ0) is 14.8. The molecule has 1 heterocycles. The third-order valence-corrected chi connectivity index (χ3v) is 4.88. The van der Waals surface area contributed by atoms with Crippen LogP contribution in [-0.4, -0.2) is 6.04 Å². The Kier molecular flexibility index (Phi) is 4.57. The molecule has 1 saturated carbocycles. The minimum Gasteiger partial charge on any atom is -0.482 e. The predicted octanol–water partition coefficient (Wildman–Crippen LogP) is 4.62. The molecule has 112 valence electrons. The summed E-state index contributed by atoms with van der Waals surface area (Å²) >= 11 is 4.81. The number of ether oxygens (including phenoxy) is 1. The second-order valence-corrected chi connectivity index (χ2v) is 6.98. The van der Waals surface area contributed by atoms with Crippen LogP contribution in [0.3, 0.4) is 0 Å². The van der Waals surface area contributed by atoms with Crippen molar-refractivity contribution in [3.8, 4) is 5.75 Å². The normalized spacial score (nSPS) is 14.4. The molecule has 6 heteroatoms. The van der Waals surface area contributed by atoms with Crippen LogP contribution in [0.2, 0.25) is 0 Å². The fourth-order valence-electron chi connectivity index (χ4n) is 1.97. The number of nitrogens with one attached hydrogen (secondary N) is 1. The molecule has 0 unspecified atom stereocenters. The SMILES string of the molecule is Fc1cc(CNC2CC2)cc(F)c1OCc1cc(Br)cs1. The van der Waals surface area contributed by atoms with Crippen LogP contribution >= 0.6 is 27.3 Å². The molecule has 0 amide bonds. The first-order valence-corrected chi connectivity index (χ1v) is 8.36.